The number of carbonyl (C=O) groups is 2. The summed E-state index contributed by atoms with van der Waals surface area (Å²) in [6.45, 7) is 1.36. The maximum absolute atomic E-state index is 13.2. The van der Waals surface area contributed by atoms with Crippen molar-refractivity contribution in [1.82, 2.24) is 29.1 Å². The second-order valence-corrected chi connectivity index (χ2v) is 10.1. The van der Waals surface area contributed by atoms with Crippen molar-refractivity contribution in [3.8, 4) is 5.69 Å². The molecule has 0 bridgehead atoms. The number of aromatic nitrogens is 4. The Morgan fingerprint density at radius 3 is 2.67 bits per heavy atom. The number of piperidine rings is 1. The summed E-state index contributed by atoms with van der Waals surface area (Å²) in [4.78, 5) is 45.7. The predicted molar refractivity (Wildman–Crippen MR) is 134 cm³/mol. The van der Waals surface area contributed by atoms with Crippen LogP contribution < -0.4 is 10.9 Å². The normalized spacial score (nSPS) is 17.5. The van der Waals surface area contributed by atoms with Crippen molar-refractivity contribution in [3.05, 3.63) is 47.1 Å². The number of rotatable bonds is 7. The van der Waals surface area contributed by atoms with Gasteiger partial charge in [-0.15, -0.1) is 0 Å². The number of benzene rings is 1. The summed E-state index contributed by atoms with van der Waals surface area (Å²) in [5, 5.41) is 18.7. The number of carbonyl (C=O) groups excluding carboxylic acids is 2. The molecule has 1 aliphatic carbocycles. The number of fused-ring (bicyclic) bond motifs is 1. The van der Waals surface area contributed by atoms with Crippen molar-refractivity contribution in [2.75, 3.05) is 39.0 Å². The van der Waals surface area contributed by atoms with E-state index in [1.807, 2.05) is 25.1 Å². The molecule has 1 saturated carbocycles. The molecule has 11 nitrogen and oxygen atoms in total. The van der Waals surface area contributed by atoms with Crippen LogP contribution in [-0.4, -0.2) is 85.4 Å². The van der Waals surface area contributed by atoms with Crippen LogP contribution in [0.3, 0.4) is 0 Å². The molecule has 11 heteroatoms. The number of nitrogens with one attached hydrogen (secondary N) is 1. The van der Waals surface area contributed by atoms with Crippen molar-refractivity contribution >= 4 is 28.5 Å². The fourth-order valence-electron chi connectivity index (χ4n) is 4.66. The van der Waals surface area contributed by atoms with E-state index >= 15 is 0 Å². The van der Waals surface area contributed by atoms with Crippen LogP contribution in [0.15, 0.2) is 41.6 Å². The molecular formula is C25H31N7O4. The largest absolute Gasteiger partial charge is 0.388 e. The summed E-state index contributed by atoms with van der Waals surface area (Å²) in [7, 11) is 3.64. The number of anilines is 1. The van der Waals surface area contributed by atoms with Gasteiger partial charge in [0.2, 0.25) is 11.8 Å². The van der Waals surface area contributed by atoms with Crippen molar-refractivity contribution in [2.45, 2.75) is 37.8 Å². The van der Waals surface area contributed by atoms with E-state index in [0.717, 1.165) is 12.8 Å². The molecule has 1 saturated heterocycles. The molecule has 3 heterocycles. The van der Waals surface area contributed by atoms with Gasteiger partial charge in [-0.25, -0.2) is 9.67 Å². The number of amides is 2. The van der Waals surface area contributed by atoms with Gasteiger partial charge in [0.15, 0.2) is 5.65 Å². The van der Waals surface area contributed by atoms with Gasteiger partial charge in [-0.1, -0.05) is 6.07 Å². The lowest BCUT2D eigenvalue weighted by atomic mass is 9.91. The highest BCUT2D eigenvalue weighted by Crippen LogP contribution is 2.33. The van der Waals surface area contributed by atoms with Crippen LogP contribution in [0, 0.1) is 5.92 Å². The van der Waals surface area contributed by atoms with Gasteiger partial charge in [0, 0.05) is 24.7 Å². The van der Waals surface area contributed by atoms with Crippen molar-refractivity contribution in [3.63, 3.8) is 0 Å². The molecule has 1 aromatic carbocycles. The van der Waals surface area contributed by atoms with E-state index in [4.69, 9.17) is 0 Å². The van der Waals surface area contributed by atoms with Gasteiger partial charge in [-0.05, 0) is 58.0 Å². The van der Waals surface area contributed by atoms with Gasteiger partial charge in [-0.3, -0.25) is 19.0 Å². The number of hydrogen-bond donors (Lipinski definition) is 2. The maximum Gasteiger partial charge on any atom is 0.264 e. The van der Waals surface area contributed by atoms with E-state index in [1.54, 1.807) is 27.8 Å². The van der Waals surface area contributed by atoms with E-state index in [1.165, 1.54) is 17.1 Å². The molecular weight excluding hydrogens is 462 g/mol. The van der Waals surface area contributed by atoms with Crippen LogP contribution in [0.1, 0.15) is 25.7 Å². The van der Waals surface area contributed by atoms with Crippen LogP contribution in [0.2, 0.25) is 0 Å². The van der Waals surface area contributed by atoms with Crippen molar-refractivity contribution in [2.24, 2.45) is 5.92 Å². The quantitative estimate of drug-likeness (QED) is 0.500. The molecule has 0 spiro atoms. The minimum absolute atomic E-state index is 0.110. The number of hydrogen-bond acceptors (Lipinski definition) is 7. The summed E-state index contributed by atoms with van der Waals surface area (Å²) in [5.74, 6) is 0.215. The molecule has 190 valence electrons. The Hall–Kier alpha value is -3.57. The first kappa shape index (κ1) is 24.1. The maximum atomic E-state index is 13.2. The van der Waals surface area contributed by atoms with Crippen molar-refractivity contribution < 1.29 is 14.7 Å². The molecule has 0 radical (unpaired) electrons. The van der Waals surface area contributed by atoms with Crippen LogP contribution in [0.25, 0.3) is 16.7 Å². The third kappa shape index (κ3) is 5.02. The predicted octanol–water partition coefficient (Wildman–Crippen LogP) is 0.846. The van der Waals surface area contributed by atoms with Crippen molar-refractivity contribution in [1.29, 1.82) is 0 Å². The minimum Gasteiger partial charge on any atom is -0.388 e. The van der Waals surface area contributed by atoms with Crippen LogP contribution in [0.4, 0.5) is 5.69 Å². The topological polar surface area (TPSA) is 126 Å². The van der Waals surface area contributed by atoms with Gasteiger partial charge in [0.05, 0.1) is 30.6 Å². The van der Waals surface area contributed by atoms with E-state index in [0.29, 0.717) is 48.3 Å². The molecule has 5 rings (SSSR count). The average Bonchev–Trinajstić information content (AvgIpc) is 3.59. The Labute approximate surface area is 208 Å². The smallest absolute Gasteiger partial charge is 0.264 e. The highest BCUT2D eigenvalue weighted by Gasteiger charge is 2.39. The van der Waals surface area contributed by atoms with Gasteiger partial charge < -0.3 is 20.2 Å². The van der Waals surface area contributed by atoms with E-state index in [9.17, 15) is 19.5 Å². The summed E-state index contributed by atoms with van der Waals surface area (Å²) in [6, 6.07) is 7.17. The summed E-state index contributed by atoms with van der Waals surface area (Å²) in [6.07, 6.45) is 5.67. The zero-order valence-electron chi connectivity index (χ0n) is 20.6. The lowest BCUT2D eigenvalue weighted by Gasteiger charge is -2.38. The molecule has 2 fully saturated rings. The lowest BCUT2D eigenvalue weighted by Crippen LogP contribution is -2.50. The Morgan fingerprint density at radius 2 is 1.97 bits per heavy atom. The third-order valence-corrected chi connectivity index (χ3v) is 6.79. The Bertz CT molecular complexity index is 1350. The Balaban J connectivity index is 1.33. The van der Waals surface area contributed by atoms with Gasteiger partial charge in [-0.2, -0.15) is 5.10 Å². The lowest BCUT2D eigenvalue weighted by molar-refractivity contribution is -0.137. The van der Waals surface area contributed by atoms with Gasteiger partial charge in [0.25, 0.3) is 5.56 Å². The molecule has 2 aromatic heterocycles. The standard InChI is InChI=1S/C25H31N7O4/c1-29(2)14-21(33)28-18-4-3-5-19(12-18)32-22-20(13-27-32)24(35)31(16-26-22)15-25(36)8-10-30(11-9-25)23(34)17-6-7-17/h3-5,12-13,16-17,36H,6-11,14-15H2,1-2H3,(H,28,33). The fourth-order valence-corrected chi connectivity index (χ4v) is 4.66. The van der Waals surface area contributed by atoms with Crippen LogP contribution >= 0.6 is 0 Å². The van der Waals surface area contributed by atoms with Gasteiger partial charge in [0.1, 0.15) is 11.7 Å². The first-order chi connectivity index (χ1) is 17.2. The zero-order chi connectivity index (χ0) is 25.4. The zero-order valence-corrected chi connectivity index (χ0v) is 20.6. The van der Waals surface area contributed by atoms with E-state index < -0.39 is 5.60 Å². The first-order valence-corrected chi connectivity index (χ1v) is 12.2. The highest BCUT2D eigenvalue weighted by atomic mass is 16.3. The second kappa shape index (κ2) is 9.47. The number of aliphatic hydroxyl groups is 1. The SMILES string of the molecule is CN(C)CC(=O)Nc1cccc(-n2ncc3c(=O)n(CC4(O)CCN(C(=O)C5CC5)CC4)cnc32)c1. The molecule has 2 N–H and O–H groups in total. The summed E-state index contributed by atoms with van der Waals surface area (Å²) < 4.78 is 2.98. The summed E-state index contributed by atoms with van der Waals surface area (Å²) in [5.41, 5.74) is 0.305. The number of likely N-dealkylation sites (tertiary alicyclic amines) is 1. The Morgan fingerprint density at radius 1 is 1.22 bits per heavy atom. The highest BCUT2D eigenvalue weighted by molar-refractivity contribution is 5.92. The minimum atomic E-state index is -1.07. The number of likely N-dealkylation sites (N-methyl/N-ethyl adjacent to an activating group) is 1. The van der Waals surface area contributed by atoms with Crippen LogP contribution in [-0.2, 0) is 16.1 Å². The molecule has 36 heavy (non-hydrogen) atoms. The molecule has 1 aliphatic heterocycles. The van der Waals surface area contributed by atoms with E-state index in [-0.39, 0.29) is 36.4 Å². The third-order valence-electron chi connectivity index (χ3n) is 6.79. The fraction of sp³-hybridized carbons (Fsp3) is 0.480. The molecule has 2 amide bonds. The molecule has 2 aliphatic rings. The first-order valence-electron chi connectivity index (χ1n) is 12.2. The average molecular weight is 494 g/mol. The summed E-state index contributed by atoms with van der Waals surface area (Å²) >= 11 is 0. The van der Waals surface area contributed by atoms with Gasteiger partial charge >= 0.3 is 0 Å². The molecule has 0 unspecified atom stereocenters. The monoisotopic (exact) mass is 493 g/mol. The second-order valence-electron chi connectivity index (χ2n) is 10.1. The number of nitrogens with zero attached hydrogens (tertiary/aromatic N) is 6. The molecule has 0 atom stereocenters. The van der Waals surface area contributed by atoms with E-state index in [2.05, 4.69) is 15.4 Å². The Kier molecular flexibility index (Phi) is 6.35. The molecule has 3 aromatic rings. The van der Waals surface area contributed by atoms with Crippen LogP contribution in [0.5, 0.6) is 0 Å².